The summed E-state index contributed by atoms with van der Waals surface area (Å²) in [6.45, 7) is 6.69. The summed E-state index contributed by atoms with van der Waals surface area (Å²) in [6.07, 6.45) is 3.50. The summed E-state index contributed by atoms with van der Waals surface area (Å²) in [5, 5.41) is 13.0. The third-order valence-corrected chi connectivity index (χ3v) is 2.62. The maximum atomic E-state index is 8.86. The topological polar surface area (TPSA) is 67.6 Å². The molecule has 0 atom stereocenters. The molecular formula is C11H18N4. The van der Waals surface area contributed by atoms with Gasteiger partial charge in [-0.15, -0.1) is 0 Å². The van der Waals surface area contributed by atoms with Gasteiger partial charge in [0.2, 0.25) is 0 Å². The van der Waals surface area contributed by atoms with E-state index in [9.17, 15) is 0 Å². The lowest BCUT2D eigenvalue weighted by molar-refractivity contribution is 0.405. The number of anilines is 1. The van der Waals surface area contributed by atoms with Gasteiger partial charge in [0.1, 0.15) is 0 Å². The second-order valence-electron chi connectivity index (χ2n) is 4.51. The lowest BCUT2D eigenvalue weighted by Gasteiger charge is -2.14. The van der Waals surface area contributed by atoms with Crippen molar-refractivity contribution in [2.24, 2.45) is 5.41 Å². The minimum atomic E-state index is -0.243. The van der Waals surface area contributed by atoms with E-state index in [1.54, 1.807) is 6.20 Å². The average Bonchev–Trinajstić information content (AvgIpc) is 2.49. The van der Waals surface area contributed by atoms with Crippen LogP contribution in [-0.4, -0.2) is 9.78 Å². The number of aromatic nitrogens is 2. The van der Waals surface area contributed by atoms with E-state index in [0.717, 1.165) is 30.8 Å². The second-order valence-corrected chi connectivity index (χ2v) is 4.51. The highest BCUT2D eigenvalue weighted by molar-refractivity contribution is 5.39. The number of hydrogen-bond donors (Lipinski definition) is 1. The zero-order valence-electron chi connectivity index (χ0n) is 9.62. The molecule has 0 saturated carbocycles. The van der Waals surface area contributed by atoms with Crippen LogP contribution in [0.5, 0.6) is 0 Å². The molecule has 0 aliphatic heterocycles. The van der Waals surface area contributed by atoms with Crippen molar-refractivity contribution in [3.05, 3.63) is 11.9 Å². The van der Waals surface area contributed by atoms with Crippen LogP contribution < -0.4 is 5.73 Å². The molecule has 0 spiro atoms. The molecule has 0 amide bonds. The highest BCUT2D eigenvalue weighted by Gasteiger charge is 2.16. The molecule has 1 rings (SSSR count). The van der Waals surface area contributed by atoms with Crippen molar-refractivity contribution in [2.75, 3.05) is 5.73 Å². The van der Waals surface area contributed by atoms with Crippen LogP contribution in [0.2, 0.25) is 0 Å². The molecule has 4 nitrogen and oxygen atoms in total. The number of nitrogen functional groups attached to an aromatic ring is 1. The van der Waals surface area contributed by atoms with E-state index in [2.05, 4.69) is 11.2 Å². The molecule has 0 aromatic carbocycles. The molecule has 0 radical (unpaired) electrons. The molecule has 0 unspecified atom stereocenters. The Labute approximate surface area is 90.7 Å². The monoisotopic (exact) mass is 206 g/mol. The van der Waals surface area contributed by atoms with Crippen LogP contribution >= 0.6 is 0 Å². The maximum Gasteiger partial charge on any atom is 0.0730 e. The van der Waals surface area contributed by atoms with Crippen LogP contribution in [-0.2, 0) is 6.54 Å². The third-order valence-electron chi connectivity index (χ3n) is 2.62. The average molecular weight is 206 g/mol. The minimum Gasteiger partial charge on any atom is -0.396 e. The Morgan fingerprint density at radius 3 is 2.73 bits per heavy atom. The van der Waals surface area contributed by atoms with Crippen molar-refractivity contribution in [1.29, 1.82) is 5.26 Å². The molecule has 0 aliphatic rings. The number of nitriles is 1. The number of hydrogen-bond acceptors (Lipinski definition) is 3. The Hall–Kier alpha value is -1.50. The van der Waals surface area contributed by atoms with Crippen molar-refractivity contribution in [1.82, 2.24) is 9.78 Å². The maximum absolute atomic E-state index is 8.86. The Morgan fingerprint density at radius 2 is 2.27 bits per heavy atom. The SMILES string of the molecule is Cc1c(N)cnn1CCCC(C)(C)C#N. The van der Waals surface area contributed by atoms with Gasteiger partial charge in [-0.2, -0.15) is 10.4 Å². The van der Waals surface area contributed by atoms with Gasteiger partial charge in [0.15, 0.2) is 0 Å². The molecule has 2 N–H and O–H groups in total. The Kier molecular flexibility index (Phi) is 3.35. The van der Waals surface area contributed by atoms with Gasteiger partial charge in [0.25, 0.3) is 0 Å². The summed E-state index contributed by atoms with van der Waals surface area (Å²) in [5.41, 5.74) is 7.18. The number of nitrogens with zero attached hydrogens (tertiary/aromatic N) is 3. The lowest BCUT2D eigenvalue weighted by Crippen LogP contribution is -2.10. The fourth-order valence-corrected chi connectivity index (χ4v) is 1.41. The first-order valence-electron chi connectivity index (χ1n) is 5.15. The first-order chi connectivity index (χ1) is 6.96. The summed E-state index contributed by atoms with van der Waals surface area (Å²) < 4.78 is 1.89. The molecule has 1 aromatic heterocycles. The van der Waals surface area contributed by atoms with Gasteiger partial charge in [-0.3, -0.25) is 4.68 Å². The van der Waals surface area contributed by atoms with Gasteiger partial charge in [0.05, 0.1) is 29.1 Å². The molecule has 0 aliphatic carbocycles. The molecular weight excluding hydrogens is 188 g/mol. The van der Waals surface area contributed by atoms with E-state index < -0.39 is 0 Å². The van der Waals surface area contributed by atoms with Crippen molar-refractivity contribution in [3.8, 4) is 6.07 Å². The Bertz CT molecular complexity index is 370. The van der Waals surface area contributed by atoms with Gasteiger partial charge in [-0.1, -0.05) is 0 Å². The smallest absolute Gasteiger partial charge is 0.0730 e. The van der Waals surface area contributed by atoms with Gasteiger partial charge >= 0.3 is 0 Å². The standard InChI is InChI=1S/C11H18N4/c1-9-10(13)7-14-15(9)6-4-5-11(2,3)8-12/h7H,4-6,13H2,1-3H3. The first-order valence-corrected chi connectivity index (χ1v) is 5.15. The van der Waals surface area contributed by atoms with Gasteiger partial charge < -0.3 is 5.73 Å². The highest BCUT2D eigenvalue weighted by atomic mass is 15.3. The van der Waals surface area contributed by atoms with Gasteiger partial charge in [-0.05, 0) is 33.6 Å². The van der Waals surface area contributed by atoms with Crippen LogP contribution in [0.25, 0.3) is 0 Å². The number of aryl methyl sites for hydroxylation is 1. The number of nitrogens with two attached hydrogens (primary N) is 1. The number of rotatable bonds is 4. The molecule has 82 valence electrons. The highest BCUT2D eigenvalue weighted by Crippen LogP contribution is 2.21. The fraction of sp³-hybridized carbons (Fsp3) is 0.636. The van der Waals surface area contributed by atoms with Gasteiger partial charge in [-0.25, -0.2) is 0 Å². The van der Waals surface area contributed by atoms with E-state index in [-0.39, 0.29) is 5.41 Å². The summed E-state index contributed by atoms with van der Waals surface area (Å²) >= 11 is 0. The van der Waals surface area contributed by atoms with E-state index in [4.69, 9.17) is 11.0 Å². The summed E-state index contributed by atoms with van der Waals surface area (Å²) in [4.78, 5) is 0. The zero-order chi connectivity index (χ0) is 11.5. The molecule has 0 saturated heterocycles. The van der Waals surface area contributed by atoms with Crippen LogP contribution in [0.1, 0.15) is 32.4 Å². The molecule has 4 heteroatoms. The third kappa shape index (κ3) is 2.98. The summed E-state index contributed by atoms with van der Waals surface area (Å²) in [7, 11) is 0. The van der Waals surface area contributed by atoms with E-state index in [1.165, 1.54) is 0 Å². The van der Waals surface area contributed by atoms with Crippen molar-refractivity contribution in [3.63, 3.8) is 0 Å². The molecule has 15 heavy (non-hydrogen) atoms. The fourth-order valence-electron chi connectivity index (χ4n) is 1.41. The van der Waals surface area contributed by atoms with E-state index >= 15 is 0 Å². The van der Waals surface area contributed by atoms with Crippen molar-refractivity contribution in [2.45, 2.75) is 40.2 Å². The van der Waals surface area contributed by atoms with Crippen LogP contribution in [0.4, 0.5) is 5.69 Å². The predicted molar refractivity (Wildman–Crippen MR) is 60.0 cm³/mol. The summed E-state index contributed by atoms with van der Waals surface area (Å²) in [6, 6.07) is 2.29. The summed E-state index contributed by atoms with van der Waals surface area (Å²) in [5.74, 6) is 0. The van der Waals surface area contributed by atoms with E-state index in [0.29, 0.717) is 0 Å². The van der Waals surface area contributed by atoms with Crippen molar-refractivity contribution >= 4 is 5.69 Å². The predicted octanol–water partition coefficient (Wildman–Crippen LogP) is 2.10. The second kappa shape index (κ2) is 4.35. The first kappa shape index (κ1) is 11.6. The molecule has 1 aromatic rings. The quantitative estimate of drug-likeness (QED) is 0.820. The largest absolute Gasteiger partial charge is 0.396 e. The minimum absolute atomic E-state index is 0.243. The van der Waals surface area contributed by atoms with Crippen molar-refractivity contribution < 1.29 is 0 Å². The lowest BCUT2D eigenvalue weighted by atomic mass is 9.90. The molecule has 1 heterocycles. The van der Waals surface area contributed by atoms with Crippen LogP contribution in [0.15, 0.2) is 6.20 Å². The van der Waals surface area contributed by atoms with Crippen LogP contribution in [0, 0.1) is 23.7 Å². The Balaban J connectivity index is 2.46. The Morgan fingerprint density at radius 1 is 1.60 bits per heavy atom. The van der Waals surface area contributed by atoms with E-state index in [1.807, 2.05) is 25.5 Å². The molecule has 0 fully saturated rings. The zero-order valence-corrected chi connectivity index (χ0v) is 9.62. The normalized spacial score (nSPS) is 11.3. The van der Waals surface area contributed by atoms with Crippen LogP contribution in [0.3, 0.4) is 0 Å². The molecule has 0 bridgehead atoms. The van der Waals surface area contributed by atoms with Gasteiger partial charge in [0, 0.05) is 6.54 Å².